The summed E-state index contributed by atoms with van der Waals surface area (Å²) in [6.45, 7) is 6.68. The fourth-order valence-electron chi connectivity index (χ4n) is 1.59. The van der Waals surface area contributed by atoms with Crippen molar-refractivity contribution < 1.29 is 0 Å². The van der Waals surface area contributed by atoms with Gasteiger partial charge in [-0.1, -0.05) is 13.8 Å². The first-order valence-electron chi connectivity index (χ1n) is 5.89. The van der Waals surface area contributed by atoms with Gasteiger partial charge in [-0.2, -0.15) is 9.61 Å². The number of aromatic nitrogens is 4. The molecule has 1 unspecified atom stereocenters. The van der Waals surface area contributed by atoms with E-state index in [-0.39, 0.29) is 11.2 Å². The van der Waals surface area contributed by atoms with E-state index in [1.807, 2.05) is 6.92 Å². The minimum absolute atomic E-state index is 0.270. The van der Waals surface area contributed by atoms with E-state index in [1.54, 1.807) is 12.1 Å². The Morgan fingerprint density at radius 1 is 1.56 bits per heavy atom. The molecule has 2 aromatic heterocycles. The minimum atomic E-state index is -0.354. The summed E-state index contributed by atoms with van der Waals surface area (Å²) in [6, 6.07) is 3.51. The van der Waals surface area contributed by atoms with Crippen molar-refractivity contribution in [1.29, 1.82) is 0 Å². The molecule has 0 spiro atoms. The molecule has 0 aromatic carbocycles. The van der Waals surface area contributed by atoms with Crippen molar-refractivity contribution in [3.63, 3.8) is 0 Å². The van der Waals surface area contributed by atoms with Gasteiger partial charge in [0, 0.05) is 6.54 Å². The molecule has 2 heterocycles. The van der Waals surface area contributed by atoms with Crippen LogP contribution in [0.3, 0.4) is 0 Å². The first-order chi connectivity index (χ1) is 8.46. The summed E-state index contributed by atoms with van der Waals surface area (Å²) >= 11 is 0. The number of nitrogens with zero attached hydrogens (tertiary/aromatic N) is 3. The maximum atomic E-state index is 11.4. The maximum Gasteiger partial charge on any atom is 0.364 e. The van der Waals surface area contributed by atoms with Crippen LogP contribution in [0.4, 0.5) is 5.82 Å². The van der Waals surface area contributed by atoms with E-state index in [4.69, 9.17) is 5.73 Å². The predicted octanol–water partition coefficient (Wildman–Crippen LogP) is 0.203. The van der Waals surface area contributed by atoms with Gasteiger partial charge in [0.25, 0.3) is 0 Å². The van der Waals surface area contributed by atoms with Gasteiger partial charge >= 0.3 is 5.69 Å². The van der Waals surface area contributed by atoms with Crippen molar-refractivity contribution in [2.45, 2.75) is 26.3 Å². The number of rotatable bonds is 4. The second-order valence-electron chi connectivity index (χ2n) is 4.92. The van der Waals surface area contributed by atoms with Crippen LogP contribution in [0, 0.1) is 5.92 Å². The molecule has 0 aliphatic rings. The smallest absolute Gasteiger partial charge is 0.362 e. The first kappa shape index (κ1) is 12.6. The lowest BCUT2D eigenvalue weighted by Gasteiger charge is -2.33. The first-order valence-corrected chi connectivity index (χ1v) is 5.89. The zero-order valence-electron chi connectivity index (χ0n) is 10.8. The molecule has 0 saturated carbocycles. The van der Waals surface area contributed by atoms with E-state index in [2.05, 4.69) is 34.5 Å². The van der Waals surface area contributed by atoms with E-state index in [1.165, 1.54) is 4.52 Å². The Hall–Kier alpha value is -1.89. The summed E-state index contributed by atoms with van der Waals surface area (Å²) in [4.78, 5) is 11.4. The zero-order valence-corrected chi connectivity index (χ0v) is 10.8. The van der Waals surface area contributed by atoms with E-state index >= 15 is 0 Å². The average molecular weight is 250 g/mol. The molecule has 18 heavy (non-hydrogen) atoms. The van der Waals surface area contributed by atoms with E-state index < -0.39 is 0 Å². The number of fused-ring (bicyclic) bond motifs is 1. The van der Waals surface area contributed by atoms with Gasteiger partial charge in [0.1, 0.15) is 5.82 Å². The second-order valence-corrected chi connectivity index (χ2v) is 4.92. The van der Waals surface area contributed by atoms with Crippen LogP contribution in [0.5, 0.6) is 0 Å². The molecule has 4 N–H and O–H groups in total. The van der Waals surface area contributed by atoms with Gasteiger partial charge in [-0.25, -0.2) is 9.89 Å². The van der Waals surface area contributed by atoms with Crippen molar-refractivity contribution in [3.05, 3.63) is 22.6 Å². The molecule has 0 saturated heterocycles. The molecule has 0 amide bonds. The van der Waals surface area contributed by atoms with Gasteiger partial charge < -0.3 is 11.1 Å². The number of H-pyrrole nitrogens is 1. The van der Waals surface area contributed by atoms with E-state index in [0.29, 0.717) is 23.9 Å². The summed E-state index contributed by atoms with van der Waals surface area (Å²) < 4.78 is 1.22. The van der Waals surface area contributed by atoms with Crippen molar-refractivity contribution in [1.82, 2.24) is 19.8 Å². The molecule has 7 heteroatoms. The third-order valence-corrected chi connectivity index (χ3v) is 3.39. The Morgan fingerprint density at radius 2 is 2.28 bits per heavy atom. The standard InChI is InChI=1S/C11H18N6O/c1-7(2)11(3,6-12)13-8-4-5-9-14-15-10(18)17(9)16-8/h4-5,7H,6,12H2,1-3H3,(H,13,16)(H,15,18). The molecule has 2 rings (SSSR count). The van der Waals surface area contributed by atoms with Gasteiger partial charge in [-0.3, -0.25) is 0 Å². The number of nitrogens with one attached hydrogen (secondary N) is 2. The van der Waals surface area contributed by atoms with Crippen LogP contribution in [0.25, 0.3) is 5.65 Å². The number of nitrogens with two attached hydrogens (primary N) is 1. The predicted molar refractivity (Wildman–Crippen MR) is 69.5 cm³/mol. The Bertz CT molecular complexity index is 601. The summed E-state index contributed by atoms with van der Waals surface area (Å²) in [5, 5.41) is 13.6. The normalized spacial score (nSPS) is 14.9. The molecule has 0 fully saturated rings. The second kappa shape index (κ2) is 4.41. The van der Waals surface area contributed by atoms with Gasteiger partial charge in [0.15, 0.2) is 5.65 Å². The molecule has 0 aliphatic carbocycles. The monoisotopic (exact) mass is 250 g/mol. The molecule has 7 nitrogen and oxygen atoms in total. The lowest BCUT2D eigenvalue weighted by atomic mass is 9.88. The third kappa shape index (κ3) is 2.08. The van der Waals surface area contributed by atoms with Crippen LogP contribution in [0.1, 0.15) is 20.8 Å². The molecular formula is C11H18N6O. The number of aromatic amines is 1. The fraction of sp³-hybridized carbons (Fsp3) is 0.545. The molecule has 1 atom stereocenters. The Labute approximate surface area is 104 Å². The third-order valence-electron chi connectivity index (χ3n) is 3.39. The quantitative estimate of drug-likeness (QED) is 0.719. The maximum absolute atomic E-state index is 11.4. The Morgan fingerprint density at radius 3 is 2.89 bits per heavy atom. The van der Waals surface area contributed by atoms with Crippen LogP contribution in [0.2, 0.25) is 0 Å². The average Bonchev–Trinajstić information content (AvgIpc) is 2.71. The zero-order chi connectivity index (χ0) is 13.3. The lowest BCUT2D eigenvalue weighted by molar-refractivity contribution is 0.381. The topological polar surface area (TPSA) is 101 Å². The highest BCUT2D eigenvalue weighted by Crippen LogP contribution is 2.20. The molecule has 98 valence electrons. The van der Waals surface area contributed by atoms with Crippen LogP contribution >= 0.6 is 0 Å². The highest BCUT2D eigenvalue weighted by molar-refractivity contribution is 5.44. The van der Waals surface area contributed by atoms with Crippen molar-refractivity contribution in [3.8, 4) is 0 Å². The van der Waals surface area contributed by atoms with Crippen LogP contribution < -0.4 is 16.7 Å². The molecule has 0 bridgehead atoms. The summed E-state index contributed by atoms with van der Waals surface area (Å²) in [6.07, 6.45) is 0. The number of anilines is 1. The minimum Gasteiger partial charge on any atom is -0.362 e. The Kier molecular flexibility index (Phi) is 3.08. The molecular weight excluding hydrogens is 232 g/mol. The fourth-order valence-corrected chi connectivity index (χ4v) is 1.59. The van der Waals surface area contributed by atoms with Crippen LogP contribution in [0.15, 0.2) is 16.9 Å². The van der Waals surface area contributed by atoms with E-state index in [9.17, 15) is 4.79 Å². The molecule has 0 aliphatic heterocycles. The summed E-state index contributed by atoms with van der Waals surface area (Å²) in [7, 11) is 0. The van der Waals surface area contributed by atoms with Crippen molar-refractivity contribution in [2.75, 3.05) is 11.9 Å². The number of hydrogen-bond donors (Lipinski definition) is 3. The highest BCUT2D eigenvalue weighted by atomic mass is 16.2. The molecule has 0 radical (unpaired) electrons. The Balaban J connectivity index is 2.37. The van der Waals surface area contributed by atoms with Crippen LogP contribution in [-0.2, 0) is 0 Å². The lowest BCUT2D eigenvalue weighted by Crippen LogP contribution is -2.47. The number of hydrogen-bond acceptors (Lipinski definition) is 5. The highest BCUT2D eigenvalue weighted by Gasteiger charge is 2.26. The van der Waals surface area contributed by atoms with Gasteiger partial charge in [0.05, 0.1) is 5.54 Å². The largest absolute Gasteiger partial charge is 0.364 e. The SMILES string of the molecule is CC(C)C(C)(CN)Nc1ccc2n[nH]c(=O)n2n1. The summed E-state index contributed by atoms with van der Waals surface area (Å²) in [5.41, 5.74) is 5.67. The van der Waals surface area contributed by atoms with Gasteiger partial charge in [-0.05, 0) is 25.0 Å². The van der Waals surface area contributed by atoms with Crippen molar-refractivity contribution in [2.24, 2.45) is 11.7 Å². The van der Waals surface area contributed by atoms with Gasteiger partial charge in [-0.15, -0.1) is 5.10 Å². The van der Waals surface area contributed by atoms with Crippen LogP contribution in [-0.4, -0.2) is 31.9 Å². The molecule has 2 aromatic rings. The van der Waals surface area contributed by atoms with Crippen molar-refractivity contribution >= 4 is 11.5 Å². The van der Waals surface area contributed by atoms with Gasteiger partial charge in [0.2, 0.25) is 0 Å². The van der Waals surface area contributed by atoms with E-state index in [0.717, 1.165) is 0 Å². The summed E-state index contributed by atoms with van der Waals surface area (Å²) in [5.74, 6) is 0.939.